The van der Waals surface area contributed by atoms with Crippen molar-refractivity contribution < 1.29 is 5.11 Å². The van der Waals surface area contributed by atoms with Gasteiger partial charge in [-0.1, -0.05) is 78.1 Å². The van der Waals surface area contributed by atoms with Crippen molar-refractivity contribution in [2.75, 3.05) is 0 Å². The Hall–Kier alpha value is -0.820. The normalized spacial score (nSPS) is 15.1. The van der Waals surface area contributed by atoms with Gasteiger partial charge in [0.2, 0.25) is 0 Å². The van der Waals surface area contributed by atoms with E-state index in [0.29, 0.717) is 5.92 Å². The van der Waals surface area contributed by atoms with Gasteiger partial charge in [-0.15, -0.1) is 0 Å². The molecular formula is C19H32O. The number of hydrogen-bond acceptors (Lipinski definition) is 1. The summed E-state index contributed by atoms with van der Waals surface area (Å²) in [6.45, 7) is 11.2. The van der Waals surface area contributed by atoms with E-state index in [1.54, 1.807) is 0 Å². The van der Waals surface area contributed by atoms with Crippen molar-refractivity contribution in [2.24, 2.45) is 5.92 Å². The standard InChI is InChI=1S/C19H32O/c1-6-9-10-15(7-2)18(20)16-11-13-17(14-12-16)19(4,5)8-3/h11-15,18,20H,6-10H2,1-5H3. The van der Waals surface area contributed by atoms with Crippen LogP contribution in [-0.4, -0.2) is 5.11 Å². The maximum atomic E-state index is 10.6. The van der Waals surface area contributed by atoms with E-state index in [1.165, 1.54) is 18.4 Å². The molecule has 0 aromatic heterocycles. The summed E-state index contributed by atoms with van der Waals surface area (Å²) < 4.78 is 0. The fraction of sp³-hybridized carbons (Fsp3) is 0.684. The Morgan fingerprint density at radius 2 is 1.65 bits per heavy atom. The lowest BCUT2D eigenvalue weighted by Crippen LogP contribution is -2.16. The molecule has 2 unspecified atom stereocenters. The predicted octanol–water partition coefficient (Wildman–Crippen LogP) is 5.62. The smallest absolute Gasteiger partial charge is 0.0818 e. The molecule has 1 nitrogen and oxygen atoms in total. The molecule has 0 saturated heterocycles. The van der Waals surface area contributed by atoms with E-state index < -0.39 is 0 Å². The number of hydrogen-bond donors (Lipinski definition) is 1. The first-order valence-electron chi connectivity index (χ1n) is 8.24. The average Bonchev–Trinajstić information content (AvgIpc) is 2.48. The van der Waals surface area contributed by atoms with Crippen LogP contribution in [-0.2, 0) is 5.41 Å². The summed E-state index contributed by atoms with van der Waals surface area (Å²) in [7, 11) is 0. The van der Waals surface area contributed by atoms with Crippen LogP contribution < -0.4 is 0 Å². The molecule has 0 fully saturated rings. The van der Waals surface area contributed by atoms with Crippen molar-refractivity contribution >= 4 is 0 Å². The molecule has 0 aliphatic heterocycles. The molecule has 114 valence electrons. The maximum absolute atomic E-state index is 10.6. The van der Waals surface area contributed by atoms with Gasteiger partial charge in [0.1, 0.15) is 0 Å². The summed E-state index contributed by atoms with van der Waals surface area (Å²) >= 11 is 0. The number of rotatable bonds is 8. The van der Waals surface area contributed by atoms with Crippen molar-refractivity contribution in [3.05, 3.63) is 35.4 Å². The van der Waals surface area contributed by atoms with Crippen LogP contribution in [0.1, 0.15) is 84.0 Å². The Balaban J connectivity index is 2.81. The van der Waals surface area contributed by atoms with Gasteiger partial charge in [0, 0.05) is 0 Å². The highest BCUT2D eigenvalue weighted by Gasteiger charge is 2.21. The lowest BCUT2D eigenvalue weighted by atomic mass is 9.81. The SMILES string of the molecule is CCCCC(CC)C(O)c1ccc(C(C)(C)CC)cc1. The lowest BCUT2D eigenvalue weighted by molar-refractivity contribution is 0.0989. The highest BCUT2D eigenvalue weighted by atomic mass is 16.3. The molecule has 0 aliphatic carbocycles. The zero-order valence-corrected chi connectivity index (χ0v) is 13.9. The first-order chi connectivity index (χ1) is 9.46. The molecular weight excluding hydrogens is 244 g/mol. The van der Waals surface area contributed by atoms with E-state index in [0.717, 1.165) is 24.8 Å². The molecule has 1 N–H and O–H groups in total. The van der Waals surface area contributed by atoms with Gasteiger partial charge in [0.05, 0.1) is 6.10 Å². The molecule has 1 heteroatoms. The predicted molar refractivity (Wildman–Crippen MR) is 88.0 cm³/mol. The maximum Gasteiger partial charge on any atom is 0.0818 e. The first-order valence-corrected chi connectivity index (χ1v) is 8.24. The topological polar surface area (TPSA) is 20.2 Å². The van der Waals surface area contributed by atoms with E-state index in [-0.39, 0.29) is 11.5 Å². The van der Waals surface area contributed by atoms with Gasteiger partial charge in [0.25, 0.3) is 0 Å². The van der Waals surface area contributed by atoms with Crippen LogP contribution in [0.25, 0.3) is 0 Å². The van der Waals surface area contributed by atoms with Crippen LogP contribution in [0.2, 0.25) is 0 Å². The molecule has 1 aromatic rings. The molecule has 1 rings (SSSR count). The van der Waals surface area contributed by atoms with Crippen LogP contribution in [0.5, 0.6) is 0 Å². The van der Waals surface area contributed by atoms with Gasteiger partial charge in [-0.05, 0) is 35.3 Å². The zero-order valence-electron chi connectivity index (χ0n) is 13.9. The van der Waals surface area contributed by atoms with Crippen molar-refractivity contribution in [3.63, 3.8) is 0 Å². The molecule has 2 atom stereocenters. The fourth-order valence-electron chi connectivity index (χ4n) is 2.66. The van der Waals surface area contributed by atoms with Crippen molar-refractivity contribution in [2.45, 2.75) is 78.2 Å². The van der Waals surface area contributed by atoms with E-state index >= 15 is 0 Å². The summed E-state index contributed by atoms with van der Waals surface area (Å²) in [5, 5.41) is 10.6. The number of benzene rings is 1. The number of aliphatic hydroxyl groups excluding tert-OH is 1. The van der Waals surface area contributed by atoms with Gasteiger partial charge < -0.3 is 5.11 Å². The minimum atomic E-state index is -0.315. The van der Waals surface area contributed by atoms with E-state index in [2.05, 4.69) is 58.9 Å². The summed E-state index contributed by atoms with van der Waals surface area (Å²) in [6, 6.07) is 8.61. The second-order valence-electron chi connectivity index (χ2n) is 6.61. The van der Waals surface area contributed by atoms with Gasteiger partial charge >= 0.3 is 0 Å². The quantitative estimate of drug-likeness (QED) is 0.653. The molecule has 0 radical (unpaired) electrons. The van der Waals surface area contributed by atoms with Crippen LogP contribution in [0.15, 0.2) is 24.3 Å². The third kappa shape index (κ3) is 4.34. The Labute approximate surface area is 125 Å². The molecule has 0 heterocycles. The summed E-state index contributed by atoms with van der Waals surface area (Å²) in [5.74, 6) is 0.389. The molecule has 20 heavy (non-hydrogen) atoms. The second kappa shape index (κ2) is 7.83. The van der Waals surface area contributed by atoms with E-state index in [9.17, 15) is 5.11 Å². The minimum Gasteiger partial charge on any atom is -0.388 e. The summed E-state index contributed by atoms with van der Waals surface area (Å²) in [4.78, 5) is 0. The van der Waals surface area contributed by atoms with Gasteiger partial charge in [-0.3, -0.25) is 0 Å². The summed E-state index contributed by atoms with van der Waals surface area (Å²) in [6.07, 6.45) is 5.39. The summed E-state index contributed by atoms with van der Waals surface area (Å²) in [5.41, 5.74) is 2.65. The molecule has 0 saturated carbocycles. The Morgan fingerprint density at radius 1 is 1.05 bits per heavy atom. The lowest BCUT2D eigenvalue weighted by Gasteiger charge is -2.25. The zero-order chi connectivity index (χ0) is 15.2. The first kappa shape index (κ1) is 17.2. The van der Waals surface area contributed by atoms with Crippen LogP contribution in [0.3, 0.4) is 0 Å². The molecule has 0 aliphatic rings. The third-order valence-corrected chi connectivity index (χ3v) is 4.82. The van der Waals surface area contributed by atoms with Crippen LogP contribution in [0.4, 0.5) is 0 Å². The molecule has 0 amide bonds. The third-order valence-electron chi connectivity index (χ3n) is 4.82. The number of aliphatic hydroxyl groups is 1. The monoisotopic (exact) mass is 276 g/mol. The van der Waals surface area contributed by atoms with Gasteiger partial charge in [0.15, 0.2) is 0 Å². The van der Waals surface area contributed by atoms with Crippen LogP contribution in [0, 0.1) is 5.92 Å². The molecule has 1 aromatic carbocycles. The highest BCUT2D eigenvalue weighted by Crippen LogP contribution is 2.31. The highest BCUT2D eigenvalue weighted by molar-refractivity contribution is 5.29. The Morgan fingerprint density at radius 3 is 2.10 bits per heavy atom. The van der Waals surface area contributed by atoms with Crippen molar-refractivity contribution in [3.8, 4) is 0 Å². The molecule has 0 spiro atoms. The number of unbranched alkanes of at least 4 members (excludes halogenated alkanes) is 1. The van der Waals surface area contributed by atoms with Gasteiger partial charge in [-0.2, -0.15) is 0 Å². The van der Waals surface area contributed by atoms with Gasteiger partial charge in [-0.25, -0.2) is 0 Å². The van der Waals surface area contributed by atoms with Crippen molar-refractivity contribution in [1.82, 2.24) is 0 Å². The Bertz CT molecular complexity index is 377. The molecule has 0 bridgehead atoms. The second-order valence-corrected chi connectivity index (χ2v) is 6.61. The minimum absolute atomic E-state index is 0.218. The average molecular weight is 276 g/mol. The van der Waals surface area contributed by atoms with E-state index in [4.69, 9.17) is 0 Å². The van der Waals surface area contributed by atoms with E-state index in [1.807, 2.05) is 0 Å². The van der Waals surface area contributed by atoms with Crippen molar-refractivity contribution in [1.29, 1.82) is 0 Å². The Kier molecular flexibility index (Phi) is 6.75. The largest absolute Gasteiger partial charge is 0.388 e. The van der Waals surface area contributed by atoms with Crippen LogP contribution >= 0.6 is 0 Å². The fourth-order valence-corrected chi connectivity index (χ4v) is 2.66.